The zero-order chi connectivity index (χ0) is 18.1. The van der Waals surface area contributed by atoms with Crippen molar-refractivity contribution in [3.05, 3.63) is 47.7 Å². The van der Waals surface area contributed by atoms with Crippen LogP contribution < -0.4 is 4.40 Å². The molecule has 0 aliphatic carbocycles. The van der Waals surface area contributed by atoms with Crippen molar-refractivity contribution in [2.24, 2.45) is 5.41 Å². The van der Waals surface area contributed by atoms with Gasteiger partial charge in [0, 0.05) is 0 Å². The van der Waals surface area contributed by atoms with E-state index in [0.29, 0.717) is 11.3 Å². The molecule has 1 aromatic carbocycles. The average molecular weight is 384 g/mol. The summed E-state index contributed by atoms with van der Waals surface area (Å²) in [7, 11) is 0. The number of hydrogen-bond acceptors (Lipinski definition) is 1. The zero-order valence-electron chi connectivity index (χ0n) is 16.7. The molecule has 1 aromatic heterocycles. The molecule has 130 valence electrons. The van der Waals surface area contributed by atoms with Gasteiger partial charge in [0.25, 0.3) is 0 Å². The Morgan fingerprint density at radius 3 is 2.25 bits per heavy atom. The van der Waals surface area contributed by atoms with E-state index in [1.807, 2.05) is 0 Å². The first kappa shape index (κ1) is 19.2. The Labute approximate surface area is 151 Å². The van der Waals surface area contributed by atoms with Crippen molar-refractivity contribution in [1.82, 2.24) is 4.98 Å². The van der Waals surface area contributed by atoms with Crippen molar-refractivity contribution in [2.75, 3.05) is 0 Å². The minimum atomic E-state index is -1.92. The van der Waals surface area contributed by atoms with Crippen LogP contribution in [0.15, 0.2) is 36.5 Å². The Morgan fingerprint density at radius 1 is 1.04 bits per heavy atom. The maximum atomic E-state index is 4.85. The van der Waals surface area contributed by atoms with E-state index in [-0.39, 0.29) is 0 Å². The molecule has 2 heteroatoms. The van der Waals surface area contributed by atoms with E-state index in [9.17, 15) is 0 Å². The summed E-state index contributed by atoms with van der Waals surface area (Å²) in [5.74, 6) is 7.93. The second-order valence-electron chi connectivity index (χ2n) is 9.49. The van der Waals surface area contributed by atoms with Crippen LogP contribution in [0.5, 0.6) is 0 Å². The van der Waals surface area contributed by atoms with E-state index in [1.165, 1.54) is 16.7 Å². The van der Waals surface area contributed by atoms with Crippen LogP contribution in [0.2, 0.25) is 17.3 Å². The van der Waals surface area contributed by atoms with Gasteiger partial charge >= 0.3 is 151 Å². The summed E-state index contributed by atoms with van der Waals surface area (Å²) in [5.41, 5.74) is 5.54. The Hall–Kier alpha value is -1.09. The van der Waals surface area contributed by atoms with Gasteiger partial charge < -0.3 is 0 Å². The van der Waals surface area contributed by atoms with Gasteiger partial charge in [0.2, 0.25) is 0 Å². The van der Waals surface area contributed by atoms with E-state index in [0.717, 1.165) is 12.1 Å². The number of pyridine rings is 1. The fraction of sp³-hybridized carbons (Fsp3) is 0.500. The van der Waals surface area contributed by atoms with Gasteiger partial charge in [0.15, 0.2) is 0 Å². The number of hydrogen-bond donors (Lipinski definition) is 0. The van der Waals surface area contributed by atoms with E-state index in [2.05, 4.69) is 88.4 Å². The first-order valence-electron chi connectivity index (χ1n) is 9.07. The molecule has 0 spiro atoms. The topological polar surface area (TPSA) is 12.9 Å². The van der Waals surface area contributed by atoms with E-state index in [4.69, 9.17) is 4.98 Å². The molecule has 24 heavy (non-hydrogen) atoms. The fourth-order valence-corrected chi connectivity index (χ4v) is 6.41. The van der Waals surface area contributed by atoms with Crippen LogP contribution in [0.1, 0.15) is 51.7 Å². The summed E-state index contributed by atoms with van der Waals surface area (Å²) in [6.07, 6.45) is 3.29. The molecule has 0 aliphatic rings. The Kier molecular flexibility index (Phi) is 5.64. The molecule has 0 aliphatic heterocycles. The molecule has 0 N–H and O–H groups in total. The van der Waals surface area contributed by atoms with Gasteiger partial charge in [-0.2, -0.15) is 0 Å². The molecule has 1 heterocycles. The van der Waals surface area contributed by atoms with Crippen LogP contribution in [0.25, 0.3) is 11.3 Å². The van der Waals surface area contributed by atoms with E-state index >= 15 is 0 Å². The van der Waals surface area contributed by atoms with Crippen molar-refractivity contribution in [2.45, 2.75) is 64.2 Å². The Balaban J connectivity index is 2.53. The summed E-state index contributed by atoms with van der Waals surface area (Å²) >= 11 is -1.92. The molecule has 2 rings (SSSR count). The number of aromatic nitrogens is 1. The summed E-state index contributed by atoms with van der Waals surface area (Å²) in [6, 6.07) is 11.2. The second-order valence-corrected chi connectivity index (χ2v) is 20.1. The van der Waals surface area contributed by atoms with Gasteiger partial charge in [-0.05, 0) is 0 Å². The molecule has 0 saturated heterocycles. The molecule has 0 radical (unpaired) electrons. The number of rotatable bonds is 4. The molecular formula is C22H33GeN. The third-order valence-electron chi connectivity index (χ3n) is 4.37. The van der Waals surface area contributed by atoms with Crippen molar-refractivity contribution >= 4 is 17.7 Å². The predicted octanol–water partition coefficient (Wildman–Crippen LogP) is 6.01. The quantitative estimate of drug-likeness (QED) is 0.589. The molecule has 0 unspecified atom stereocenters. The monoisotopic (exact) mass is 385 g/mol. The third-order valence-corrected chi connectivity index (χ3v) is 8.70. The molecule has 2 aromatic rings. The Morgan fingerprint density at radius 2 is 1.71 bits per heavy atom. The number of benzene rings is 1. The normalized spacial score (nSPS) is 12.7. The van der Waals surface area contributed by atoms with Crippen molar-refractivity contribution < 1.29 is 0 Å². The van der Waals surface area contributed by atoms with Crippen LogP contribution in [0, 0.1) is 5.41 Å². The van der Waals surface area contributed by atoms with Gasteiger partial charge in [0.1, 0.15) is 0 Å². The van der Waals surface area contributed by atoms with Crippen LogP contribution >= 0.6 is 0 Å². The molecule has 1 nitrogen and oxygen atoms in total. The van der Waals surface area contributed by atoms with Crippen LogP contribution in [0.3, 0.4) is 0 Å². The van der Waals surface area contributed by atoms with Gasteiger partial charge in [-0.1, -0.05) is 0 Å². The fourth-order valence-electron chi connectivity index (χ4n) is 3.10. The van der Waals surface area contributed by atoms with Gasteiger partial charge in [-0.25, -0.2) is 0 Å². The summed E-state index contributed by atoms with van der Waals surface area (Å²) in [5, 5.41) is 0. The first-order chi connectivity index (χ1) is 11.0. The molecule has 0 saturated carbocycles. The minimum absolute atomic E-state index is 0.292. The second kappa shape index (κ2) is 7.03. The summed E-state index contributed by atoms with van der Waals surface area (Å²) in [4.78, 5) is 4.85. The van der Waals surface area contributed by atoms with Gasteiger partial charge in [-0.3, -0.25) is 0 Å². The average Bonchev–Trinajstić information content (AvgIpc) is 2.44. The van der Waals surface area contributed by atoms with Crippen LogP contribution in [-0.2, 0) is 6.42 Å². The van der Waals surface area contributed by atoms with Crippen LogP contribution in [0.4, 0.5) is 0 Å². The standard InChI is InChI=1S/C22H33GeN/c1-16(2)17-10-9-11-18(12-17)21-13-19(14-22(3,4)5)20(15-24-21)23(6,7)8/h9-13,15-16H,14H2,1-8H3. The van der Waals surface area contributed by atoms with E-state index in [1.54, 1.807) is 4.40 Å². The summed E-state index contributed by atoms with van der Waals surface area (Å²) in [6.45, 7) is 11.5. The van der Waals surface area contributed by atoms with E-state index < -0.39 is 13.3 Å². The SMILES string of the molecule is CC(C)c1cccc(-c2cc(CC(C)(C)C)[c]([Ge]([CH3])([CH3])[CH3])cn2)c1. The molecule has 0 atom stereocenters. The zero-order valence-corrected chi connectivity index (χ0v) is 18.8. The van der Waals surface area contributed by atoms with Crippen molar-refractivity contribution in [1.29, 1.82) is 0 Å². The van der Waals surface area contributed by atoms with Gasteiger partial charge in [0.05, 0.1) is 0 Å². The number of nitrogens with zero attached hydrogens (tertiary/aromatic N) is 1. The Bertz CT molecular complexity index is 703. The summed E-state index contributed by atoms with van der Waals surface area (Å²) < 4.78 is 1.55. The predicted molar refractivity (Wildman–Crippen MR) is 110 cm³/mol. The van der Waals surface area contributed by atoms with Crippen molar-refractivity contribution in [3.8, 4) is 11.3 Å². The molecular weight excluding hydrogens is 351 g/mol. The van der Waals surface area contributed by atoms with Crippen LogP contribution in [-0.4, -0.2) is 18.3 Å². The van der Waals surface area contributed by atoms with Crippen molar-refractivity contribution in [3.63, 3.8) is 0 Å². The third kappa shape index (κ3) is 4.95. The first-order valence-corrected chi connectivity index (χ1v) is 16.4. The molecule has 0 amide bonds. The molecule has 0 bridgehead atoms. The van der Waals surface area contributed by atoms with Gasteiger partial charge in [-0.15, -0.1) is 0 Å². The molecule has 0 fully saturated rings. The maximum absolute atomic E-state index is 4.85.